The number of carbonyl (C=O) groups excluding carboxylic acids is 1. The molecule has 1 aliphatic heterocycles. The van der Waals surface area contributed by atoms with E-state index in [0.29, 0.717) is 24.4 Å². The van der Waals surface area contributed by atoms with Gasteiger partial charge in [0.1, 0.15) is 5.75 Å². The number of methoxy groups -OCH3 is 1. The summed E-state index contributed by atoms with van der Waals surface area (Å²) in [4.78, 5) is 14.3. The van der Waals surface area contributed by atoms with Crippen molar-refractivity contribution in [3.8, 4) is 11.8 Å². The molecule has 0 aromatic heterocycles. The minimum Gasteiger partial charge on any atom is -0.496 e. The lowest BCUT2D eigenvalue weighted by molar-refractivity contribution is 0.0703. The van der Waals surface area contributed by atoms with Crippen LogP contribution < -0.4 is 4.74 Å². The van der Waals surface area contributed by atoms with E-state index in [0.717, 1.165) is 17.3 Å². The van der Waals surface area contributed by atoms with E-state index in [1.807, 2.05) is 12.1 Å². The zero-order valence-corrected chi connectivity index (χ0v) is 12.3. The van der Waals surface area contributed by atoms with Crippen LogP contribution >= 0.6 is 15.9 Å². The number of rotatable bonds is 2. The normalized spacial score (nSPS) is 15.9. The fourth-order valence-corrected chi connectivity index (χ4v) is 2.77. The third kappa shape index (κ3) is 2.90. The molecule has 1 aromatic rings. The Bertz CT molecular complexity index is 517. The first-order valence-electron chi connectivity index (χ1n) is 6.18. The Kier molecular flexibility index (Phi) is 4.43. The van der Waals surface area contributed by atoms with Gasteiger partial charge in [0.15, 0.2) is 0 Å². The van der Waals surface area contributed by atoms with Gasteiger partial charge in [-0.25, -0.2) is 0 Å². The van der Waals surface area contributed by atoms with Gasteiger partial charge in [0.25, 0.3) is 5.91 Å². The van der Waals surface area contributed by atoms with E-state index in [4.69, 9.17) is 10.00 Å². The molecule has 19 heavy (non-hydrogen) atoms. The number of carbonyl (C=O) groups is 1. The molecule has 5 heteroatoms. The molecule has 0 atom stereocenters. The predicted octanol–water partition coefficient (Wildman–Crippen LogP) is 2.83. The number of halogens is 1. The smallest absolute Gasteiger partial charge is 0.258 e. The molecule has 0 radical (unpaired) electrons. The molecule has 0 N–H and O–H groups in total. The highest BCUT2D eigenvalue weighted by atomic mass is 79.9. The Balaban J connectivity index is 2.19. The fraction of sp³-hybridized carbons (Fsp3) is 0.429. The Morgan fingerprint density at radius 3 is 2.74 bits per heavy atom. The standard InChI is InChI=1S/C14H15BrN2O2/c1-19-12-4-2-3-11(15)13(12)14(18)17-7-5-10(9-16)6-8-17/h2-4,10H,5-8H2,1H3. The second-order valence-corrected chi connectivity index (χ2v) is 5.37. The number of hydrogen-bond donors (Lipinski definition) is 0. The van der Waals surface area contributed by atoms with Crippen molar-refractivity contribution >= 4 is 21.8 Å². The highest BCUT2D eigenvalue weighted by Gasteiger charge is 2.26. The van der Waals surface area contributed by atoms with E-state index < -0.39 is 0 Å². The third-order valence-electron chi connectivity index (χ3n) is 3.37. The molecule has 0 saturated carbocycles. The summed E-state index contributed by atoms with van der Waals surface area (Å²) in [5.74, 6) is 0.604. The van der Waals surface area contributed by atoms with Crippen LogP contribution in [0.15, 0.2) is 22.7 Å². The maximum absolute atomic E-state index is 12.5. The molecule has 2 rings (SSSR count). The second kappa shape index (κ2) is 6.07. The van der Waals surface area contributed by atoms with Crippen LogP contribution in [-0.2, 0) is 0 Å². The van der Waals surface area contributed by atoms with Crippen molar-refractivity contribution in [1.82, 2.24) is 4.90 Å². The highest BCUT2D eigenvalue weighted by Crippen LogP contribution is 2.29. The van der Waals surface area contributed by atoms with Crippen LogP contribution in [-0.4, -0.2) is 31.0 Å². The molecule has 100 valence electrons. The molecule has 0 unspecified atom stereocenters. The lowest BCUT2D eigenvalue weighted by Crippen LogP contribution is -2.38. The Morgan fingerprint density at radius 2 is 2.16 bits per heavy atom. The van der Waals surface area contributed by atoms with Crippen molar-refractivity contribution in [3.63, 3.8) is 0 Å². The van der Waals surface area contributed by atoms with Gasteiger partial charge < -0.3 is 9.64 Å². The van der Waals surface area contributed by atoms with E-state index >= 15 is 0 Å². The van der Waals surface area contributed by atoms with E-state index in [9.17, 15) is 4.79 Å². The molecule has 1 amide bonds. The Labute approximate surface area is 121 Å². The van der Waals surface area contributed by atoms with Gasteiger partial charge in [0.2, 0.25) is 0 Å². The number of nitriles is 1. The van der Waals surface area contributed by atoms with E-state index in [1.54, 1.807) is 18.1 Å². The third-order valence-corrected chi connectivity index (χ3v) is 4.03. The van der Waals surface area contributed by atoms with Gasteiger partial charge in [-0.05, 0) is 40.9 Å². The topological polar surface area (TPSA) is 53.3 Å². The van der Waals surface area contributed by atoms with Crippen LogP contribution in [0.5, 0.6) is 5.75 Å². The highest BCUT2D eigenvalue weighted by molar-refractivity contribution is 9.10. The first kappa shape index (κ1) is 13.9. The Morgan fingerprint density at radius 1 is 1.47 bits per heavy atom. The van der Waals surface area contributed by atoms with Gasteiger partial charge in [0.05, 0.1) is 18.7 Å². The number of ether oxygens (including phenoxy) is 1. The maximum Gasteiger partial charge on any atom is 0.258 e. The van der Waals surface area contributed by atoms with Gasteiger partial charge in [-0.1, -0.05) is 6.07 Å². The summed E-state index contributed by atoms with van der Waals surface area (Å²) in [6.07, 6.45) is 1.49. The van der Waals surface area contributed by atoms with E-state index in [1.165, 1.54) is 0 Å². The lowest BCUT2D eigenvalue weighted by Gasteiger charge is -2.29. The number of likely N-dealkylation sites (tertiary alicyclic amines) is 1. The van der Waals surface area contributed by atoms with E-state index in [2.05, 4.69) is 22.0 Å². The molecule has 1 saturated heterocycles. The van der Waals surface area contributed by atoms with E-state index in [-0.39, 0.29) is 11.8 Å². The minimum absolute atomic E-state index is 0.0410. The van der Waals surface area contributed by atoms with Crippen LogP contribution in [0.25, 0.3) is 0 Å². The number of benzene rings is 1. The van der Waals surface area contributed by atoms with Crippen LogP contribution in [0.2, 0.25) is 0 Å². The molecule has 0 aliphatic carbocycles. The molecule has 4 nitrogen and oxygen atoms in total. The lowest BCUT2D eigenvalue weighted by atomic mass is 9.98. The summed E-state index contributed by atoms with van der Waals surface area (Å²) in [5, 5.41) is 8.88. The number of nitrogens with zero attached hydrogens (tertiary/aromatic N) is 2. The summed E-state index contributed by atoms with van der Waals surface area (Å²) >= 11 is 3.40. The van der Waals surface area contributed by atoms with Gasteiger partial charge in [0, 0.05) is 23.5 Å². The number of amides is 1. The van der Waals surface area contributed by atoms with Crippen molar-refractivity contribution < 1.29 is 9.53 Å². The number of hydrogen-bond acceptors (Lipinski definition) is 3. The Hall–Kier alpha value is -1.54. The first-order chi connectivity index (χ1) is 9.17. The van der Waals surface area contributed by atoms with Crippen molar-refractivity contribution in [2.45, 2.75) is 12.8 Å². The van der Waals surface area contributed by atoms with Gasteiger partial charge in [-0.2, -0.15) is 5.26 Å². The molecule has 1 aromatic carbocycles. The van der Waals surface area contributed by atoms with Crippen LogP contribution in [0, 0.1) is 17.2 Å². The zero-order chi connectivity index (χ0) is 13.8. The maximum atomic E-state index is 12.5. The number of piperidine rings is 1. The summed E-state index contributed by atoms with van der Waals surface area (Å²) in [6.45, 7) is 1.25. The predicted molar refractivity (Wildman–Crippen MR) is 74.9 cm³/mol. The quantitative estimate of drug-likeness (QED) is 0.841. The summed E-state index contributed by atoms with van der Waals surface area (Å²) in [6, 6.07) is 7.71. The molecular weight excluding hydrogens is 308 g/mol. The zero-order valence-electron chi connectivity index (χ0n) is 10.7. The molecular formula is C14H15BrN2O2. The van der Waals surface area contributed by atoms with Crippen LogP contribution in [0.3, 0.4) is 0 Å². The van der Waals surface area contributed by atoms with Crippen molar-refractivity contribution in [3.05, 3.63) is 28.2 Å². The van der Waals surface area contributed by atoms with Crippen LogP contribution in [0.4, 0.5) is 0 Å². The molecule has 0 bridgehead atoms. The minimum atomic E-state index is -0.0410. The fourth-order valence-electron chi connectivity index (χ4n) is 2.25. The second-order valence-electron chi connectivity index (χ2n) is 4.51. The molecule has 1 fully saturated rings. The van der Waals surface area contributed by atoms with Gasteiger partial charge in [-0.15, -0.1) is 0 Å². The molecule has 1 aliphatic rings. The van der Waals surface area contributed by atoms with Crippen molar-refractivity contribution in [2.24, 2.45) is 5.92 Å². The summed E-state index contributed by atoms with van der Waals surface area (Å²) in [7, 11) is 1.56. The molecule has 0 spiro atoms. The largest absolute Gasteiger partial charge is 0.496 e. The first-order valence-corrected chi connectivity index (χ1v) is 6.98. The van der Waals surface area contributed by atoms with Crippen molar-refractivity contribution in [2.75, 3.05) is 20.2 Å². The van der Waals surface area contributed by atoms with Gasteiger partial charge >= 0.3 is 0 Å². The van der Waals surface area contributed by atoms with Crippen LogP contribution in [0.1, 0.15) is 23.2 Å². The average molecular weight is 323 g/mol. The average Bonchev–Trinajstić information content (AvgIpc) is 2.46. The monoisotopic (exact) mass is 322 g/mol. The SMILES string of the molecule is COc1cccc(Br)c1C(=O)N1CCC(C#N)CC1. The summed E-state index contributed by atoms with van der Waals surface area (Å²) in [5.41, 5.74) is 0.556. The van der Waals surface area contributed by atoms with Crippen molar-refractivity contribution in [1.29, 1.82) is 5.26 Å². The molecule has 1 heterocycles. The summed E-state index contributed by atoms with van der Waals surface area (Å²) < 4.78 is 5.99. The van der Waals surface area contributed by atoms with Gasteiger partial charge in [-0.3, -0.25) is 4.79 Å².